The Morgan fingerprint density at radius 2 is 2.16 bits per heavy atom. The molecule has 0 unspecified atom stereocenters. The summed E-state index contributed by atoms with van der Waals surface area (Å²) in [6.45, 7) is 4.29. The first-order valence-corrected chi connectivity index (χ1v) is 7.73. The summed E-state index contributed by atoms with van der Waals surface area (Å²) in [6.07, 6.45) is 7.53. The van der Waals surface area contributed by atoms with Crippen molar-refractivity contribution in [1.29, 1.82) is 0 Å². The summed E-state index contributed by atoms with van der Waals surface area (Å²) in [5.74, 6) is 1.01. The van der Waals surface area contributed by atoms with E-state index in [1.54, 1.807) is 7.11 Å². The Morgan fingerprint density at radius 1 is 1.37 bits per heavy atom. The Morgan fingerprint density at radius 3 is 2.95 bits per heavy atom. The van der Waals surface area contributed by atoms with Crippen molar-refractivity contribution in [2.24, 2.45) is 5.92 Å². The average molecular weight is 268 g/mol. The molecule has 0 aromatic rings. The maximum atomic E-state index is 12.0. The third kappa shape index (κ3) is 3.93. The minimum atomic E-state index is 0.175. The molecule has 3 atom stereocenters. The number of rotatable bonds is 6. The number of hydrogen-bond acceptors (Lipinski definition) is 3. The lowest BCUT2D eigenvalue weighted by atomic mass is 9.85. The molecule has 2 fully saturated rings. The van der Waals surface area contributed by atoms with Crippen LogP contribution >= 0.6 is 0 Å². The molecule has 0 radical (unpaired) electrons. The molecular formula is C15H28N2O2. The summed E-state index contributed by atoms with van der Waals surface area (Å²) in [7, 11) is 1.69. The monoisotopic (exact) mass is 268 g/mol. The number of nitrogens with zero attached hydrogens (tertiary/aromatic N) is 1. The van der Waals surface area contributed by atoms with Crippen LogP contribution in [0.1, 0.15) is 45.4 Å². The van der Waals surface area contributed by atoms with E-state index in [0.717, 1.165) is 18.9 Å². The van der Waals surface area contributed by atoms with Gasteiger partial charge in [0, 0.05) is 32.3 Å². The first-order valence-electron chi connectivity index (χ1n) is 7.73. The molecule has 0 spiro atoms. The second-order valence-corrected chi connectivity index (χ2v) is 6.07. The highest BCUT2D eigenvalue weighted by molar-refractivity contribution is 5.78. The summed E-state index contributed by atoms with van der Waals surface area (Å²) in [6, 6.07) is 1.23. The van der Waals surface area contributed by atoms with Crippen LogP contribution in [-0.2, 0) is 9.53 Å². The number of methoxy groups -OCH3 is 1. The van der Waals surface area contributed by atoms with E-state index in [2.05, 4.69) is 17.1 Å². The van der Waals surface area contributed by atoms with Crippen LogP contribution in [-0.4, -0.2) is 49.7 Å². The van der Waals surface area contributed by atoms with E-state index in [1.807, 2.05) is 0 Å². The van der Waals surface area contributed by atoms with Crippen molar-refractivity contribution in [2.75, 3.05) is 26.8 Å². The molecule has 1 aliphatic carbocycles. The maximum Gasteiger partial charge on any atom is 0.234 e. The molecule has 0 bridgehead atoms. The van der Waals surface area contributed by atoms with Gasteiger partial charge >= 0.3 is 0 Å². The lowest BCUT2D eigenvalue weighted by Crippen LogP contribution is -2.44. The predicted octanol–water partition coefficient (Wildman–Crippen LogP) is 1.79. The van der Waals surface area contributed by atoms with Crippen molar-refractivity contribution in [2.45, 2.75) is 57.5 Å². The third-order valence-electron chi connectivity index (χ3n) is 4.68. The largest absolute Gasteiger partial charge is 0.385 e. The van der Waals surface area contributed by atoms with Crippen molar-refractivity contribution in [3.05, 3.63) is 0 Å². The standard InChI is InChI=1S/C15H28N2O2/c1-12-10-13-6-3-4-7-14(13)17(12)11-15(18)16-8-5-9-19-2/h12-14H,3-11H2,1-2H3,(H,16,18)/t12-,13+,14+/m1/s1. The summed E-state index contributed by atoms with van der Waals surface area (Å²) in [4.78, 5) is 14.4. The Balaban J connectivity index is 1.76. The third-order valence-corrected chi connectivity index (χ3v) is 4.68. The van der Waals surface area contributed by atoms with E-state index in [1.165, 1.54) is 32.1 Å². The number of nitrogens with one attached hydrogen (secondary N) is 1. The van der Waals surface area contributed by atoms with Gasteiger partial charge in [-0.1, -0.05) is 12.8 Å². The summed E-state index contributed by atoms with van der Waals surface area (Å²) in [5.41, 5.74) is 0. The van der Waals surface area contributed by atoms with Crippen molar-refractivity contribution in [1.82, 2.24) is 10.2 Å². The van der Waals surface area contributed by atoms with E-state index in [9.17, 15) is 4.79 Å². The van der Waals surface area contributed by atoms with E-state index in [-0.39, 0.29) is 5.91 Å². The minimum absolute atomic E-state index is 0.175. The number of ether oxygens (including phenoxy) is 1. The Hall–Kier alpha value is -0.610. The minimum Gasteiger partial charge on any atom is -0.385 e. The molecule has 4 heteroatoms. The molecular weight excluding hydrogens is 240 g/mol. The SMILES string of the molecule is COCCCNC(=O)CN1[C@H](C)C[C@@H]2CCCC[C@@H]21. The van der Waals surface area contributed by atoms with Crippen LogP contribution in [0.3, 0.4) is 0 Å². The predicted molar refractivity (Wildman–Crippen MR) is 76.0 cm³/mol. The van der Waals surface area contributed by atoms with Crippen molar-refractivity contribution < 1.29 is 9.53 Å². The van der Waals surface area contributed by atoms with E-state index in [0.29, 0.717) is 25.2 Å². The quantitative estimate of drug-likeness (QED) is 0.747. The molecule has 1 aliphatic heterocycles. The van der Waals surface area contributed by atoms with E-state index < -0.39 is 0 Å². The maximum absolute atomic E-state index is 12.0. The lowest BCUT2D eigenvalue weighted by molar-refractivity contribution is -0.123. The van der Waals surface area contributed by atoms with Crippen LogP contribution in [0, 0.1) is 5.92 Å². The van der Waals surface area contributed by atoms with Crippen LogP contribution < -0.4 is 5.32 Å². The van der Waals surface area contributed by atoms with Crippen LogP contribution in [0.4, 0.5) is 0 Å². The topological polar surface area (TPSA) is 41.6 Å². The second-order valence-electron chi connectivity index (χ2n) is 6.07. The van der Waals surface area contributed by atoms with Crippen LogP contribution in [0.15, 0.2) is 0 Å². The lowest BCUT2D eigenvalue weighted by Gasteiger charge is -2.32. The zero-order chi connectivity index (χ0) is 13.7. The first kappa shape index (κ1) is 14.8. The molecule has 1 amide bonds. The normalized spacial score (nSPS) is 31.2. The molecule has 110 valence electrons. The van der Waals surface area contributed by atoms with Gasteiger partial charge in [0.2, 0.25) is 5.91 Å². The second kappa shape index (κ2) is 7.25. The molecule has 0 aromatic heterocycles. The average Bonchev–Trinajstić information content (AvgIpc) is 2.72. The smallest absolute Gasteiger partial charge is 0.234 e. The molecule has 1 saturated carbocycles. The zero-order valence-corrected chi connectivity index (χ0v) is 12.4. The van der Waals surface area contributed by atoms with Gasteiger partial charge in [0.05, 0.1) is 6.54 Å². The summed E-state index contributed by atoms with van der Waals surface area (Å²) in [5, 5.41) is 3.00. The summed E-state index contributed by atoms with van der Waals surface area (Å²) >= 11 is 0. The fourth-order valence-electron chi connectivity index (χ4n) is 3.74. The number of fused-ring (bicyclic) bond motifs is 1. The molecule has 2 aliphatic rings. The van der Waals surface area contributed by atoms with E-state index >= 15 is 0 Å². The van der Waals surface area contributed by atoms with Crippen molar-refractivity contribution >= 4 is 5.91 Å². The molecule has 1 heterocycles. The fraction of sp³-hybridized carbons (Fsp3) is 0.933. The number of hydrogen-bond donors (Lipinski definition) is 1. The van der Waals surface area contributed by atoms with Gasteiger partial charge in [-0.15, -0.1) is 0 Å². The first-order chi connectivity index (χ1) is 9.22. The van der Waals surface area contributed by atoms with Gasteiger partial charge in [0.15, 0.2) is 0 Å². The van der Waals surface area contributed by atoms with Crippen molar-refractivity contribution in [3.63, 3.8) is 0 Å². The highest BCUT2D eigenvalue weighted by atomic mass is 16.5. The van der Waals surface area contributed by atoms with E-state index in [4.69, 9.17) is 4.74 Å². The van der Waals surface area contributed by atoms with Gasteiger partial charge in [-0.2, -0.15) is 0 Å². The molecule has 2 rings (SSSR count). The number of carbonyl (C=O) groups excluding carboxylic acids is 1. The van der Waals surface area contributed by atoms with Crippen LogP contribution in [0.25, 0.3) is 0 Å². The summed E-state index contributed by atoms with van der Waals surface area (Å²) < 4.78 is 4.98. The van der Waals surface area contributed by atoms with Gasteiger partial charge in [-0.05, 0) is 38.5 Å². The molecule has 1 saturated heterocycles. The highest BCUT2D eigenvalue weighted by Crippen LogP contribution is 2.39. The van der Waals surface area contributed by atoms with Crippen molar-refractivity contribution in [3.8, 4) is 0 Å². The Kier molecular flexibility index (Phi) is 5.64. The van der Waals surface area contributed by atoms with Gasteiger partial charge in [0.25, 0.3) is 0 Å². The van der Waals surface area contributed by atoms with Gasteiger partial charge in [0.1, 0.15) is 0 Å². The number of carbonyl (C=O) groups is 1. The fourth-order valence-corrected chi connectivity index (χ4v) is 3.74. The van der Waals surface area contributed by atoms with Crippen LogP contribution in [0.2, 0.25) is 0 Å². The molecule has 4 nitrogen and oxygen atoms in total. The van der Waals surface area contributed by atoms with Crippen LogP contribution in [0.5, 0.6) is 0 Å². The molecule has 1 N–H and O–H groups in total. The van der Waals surface area contributed by atoms with Gasteiger partial charge in [-0.25, -0.2) is 0 Å². The number of amides is 1. The molecule has 19 heavy (non-hydrogen) atoms. The van der Waals surface area contributed by atoms with Gasteiger partial charge < -0.3 is 10.1 Å². The highest BCUT2D eigenvalue weighted by Gasteiger charge is 2.40. The Bertz CT molecular complexity index is 296. The number of likely N-dealkylation sites (tertiary alicyclic amines) is 1. The van der Waals surface area contributed by atoms with Gasteiger partial charge in [-0.3, -0.25) is 9.69 Å². The molecule has 0 aromatic carbocycles. The Labute approximate surface area is 116 Å². The zero-order valence-electron chi connectivity index (χ0n) is 12.4.